The fraction of sp³-hybridized carbons (Fsp3) is 0.455. The molecular weight excluding hydrogens is 238 g/mol. The molecule has 92 valence electrons. The minimum atomic E-state index is -0.207. The van der Waals surface area contributed by atoms with E-state index in [0.717, 1.165) is 16.3 Å². The number of carbonyl (C=O) groups is 1. The summed E-state index contributed by atoms with van der Waals surface area (Å²) in [4.78, 5) is 16.9. The second-order valence-corrected chi connectivity index (χ2v) is 4.93. The molecular formula is C11H15N3O2S. The lowest BCUT2D eigenvalue weighted by Gasteiger charge is -2.09. The number of aliphatic hydroxyl groups is 1. The lowest BCUT2D eigenvalue weighted by atomic mass is 10.3. The van der Waals surface area contributed by atoms with Gasteiger partial charge in [-0.05, 0) is 13.8 Å². The maximum absolute atomic E-state index is 11.7. The van der Waals surface area contributed by atoms with Crippen molar-refractivity contribution in [3.05, 3.63) is 23.0 Å². The van der Waals surface area contributed by atoms with Crippen LogP contribution in [-0.4, -0.2) is 33.0 Å². The molecule has 0 aliphatic heterocycles. The molecule has 2 heterocycles. The highest BCUT2D eigenvalue weighted by molar-refractivity contribution is 7.15. The Bertz CT molecular complexity index is 532. The molecule has 5 nitrogen and oxygen atoms in total. The van der Waals surface area contributed by atoms with Gasteiger partial charge in [0.05, 0.1) is 18.7 Å². The monoisotopic (exact) mass is 253 g/mol. The van der Waals surface area contributed by atoms with E-state index in [4.69, 9.17) is 5.11 Å². The van der Waals surface area contributed by atoms with E-state index in [1.807, 2.05) is 22.9 Å². The second-order valence-electron chi connectivity index (χ2n) is 4.09. The van der Waals surface area contributed by atoms with Gasteiger partial charge in [0, 0.05) is 23.3 Å². The first-order chi connectivity index (χ1) is 8.10. The van der Waals surface area contributed by atoms with Crippen LogP contribution >= 0.6 is 11.3 Å². The number of amides is 1. The maximum Gasteiger partial charge on any atom is 0.226 e. The van der Waals surface area contributed by atoms with E-state index >= 15 is 0 Å². The van der Waals surface area contributed by atoms with Crippen molar-refractivity contribution < 1.29 is 9.90 Å². The Morgan fingerprint density at radius 2 is 2.47 bits per heavy atom. The van der Waals surface area contributed by atoms with Crippen molar-refractivity contribution in [3.63, 3.8) is 0 Å². The largest absolute Gasteiger partial charge is 0.394 e. The van der Waals surface area contributed by atoms with Crippen molar-refractivity contribution in [3.8, 4) is 0 Å². The lowest BCUT2D eigenvalue weighted by Crippen LogP contribution is -2.36. The smallest absolute Gasteiger partial charge is 0.226 e. The molecule has 0 saturated heterocycles. The normalized spacial score (nSPS) is 12.9. The molecule has 0 aliphatic rings. The third-order valence-electron chi connectivity index (χ3n) is 2.43. The molecule has 0 fully saturated rings. The number of hydrogen-bond donors (Lipinski definition) is 2. The van der Waals surface area contributed by atoms with Gasteiger partial charge in [0.25, 0.3) is 0 Å². The zero-order valence-electron chi connectivity index (χ0n) is 9.80. The summed E-state index contributed by atoms with van der Waals surface area (Å²) in [6.07, 6.45) is 2.23. The highest BCUT2D eigenvalue weighted by Gasteiger charge is 2.11. The molecule has 2 aromatic rings. The topological polar surface area (TPSA) is 66.6 Å². The number of rotatable bonds is 4. The van der Waals surface area contributed by atoms with Gasteiger partial charge < -0.3 is 10.4 Å². The van der Waals surface area contributed by atoms with Crippen LogP contribution in [0.4, 0.5) is 0 Å². The molecule has 2 rings (SSSR count). The number of thiazole rings is 1. The van der Waals surface area contributed by atoms with Crippen LogP contribution in [0.5, 0.6) is 0 Å². The number of nitrogens with one attached hydrogen (secondary N) is 1. The van der Waals surface area contributed by atoms with Gasteiger partial charge in [-0.2, -0.15) is 0 Å². The van der Waals surface area contributed by atoms with E-state index in [0.29, 0.717) is 6.42 Å². The Kier molecular flexibility index (Phi) is 3.44. The van der Waals surface area contributed by atoms with Gasteiger partial charge in [-0.3, -0.25) is 9.20 Å². The maximum atomic E-state index is 11.7. The zero-order chi connectivity index (χ0) is 12.4. The van der Waals surface area contributed by atoms with E-state index in [2.05, 4.69) is 10.3 Å². The van der Waals surface area contributed by atoms with Crippen molar-refractivity contribution in [2.75, 3.05) is 6.61 Å². The summed E-state index contributed by atoms with van der Waals surface area (Å²) in [5.41, 5.74) is 1.87. The SMILES string of the molecule is Cc1cn2c(CC(=O)N[C@H](C)CO)csc2n1. The van der Waals surface area contributed by atoms with Crippen molar-refractivity contribution >= 4 is 22.2 Å². The van der Waals surface area contributed by atoms with Crippen molar-refractivity contribution in [1.82, 2.24) is 14.7 Å². The Hall–Kier alpha value is -1.40. The molecule has 1 atom stereocenters. The van der Waals surface area contributed by atoms with Crippen LogP contribution < -0.4 is 5.32 Å². The predicted octanol–water partition coefficient (Wildman–Crippen LogP) is 0.744. The molecule has 0 aliphatic carbocycles. The minimum absolute atomic E-state index is 0.0467. The molecule has 17 heavy (non-hydrogen) atoms. The van der Waals surface area contributed by atoms with Crippen molar-refractivity contribution in [2.24, 2.45) is 0 Å². The number of aryl methyl sites for hydroxylation is 1. The van der Waals surface area contributed by atoms with E-state index in [9.17, 15) is 4.79 Å². The molecule has 0 unspecified atom stereocenters. The summed E-state index contributed by atoms with van der Waals surface area (Å²) in [6.45, 7) is 3.65. The molecule has 6 heteroatoms. The molecule has 2 aromatic heterocycles. The first-order valence-corrected chi connectivity index (χ1v) is 6.30. The second kappa shape index (κ2) is 4.85. The van der Waals surface area contributed by atoms with Crippen LogP contribution in [0.15, 0.2) is 11.6 Å². The number of hydrogen-bond acceptors (Lipinski definition) is 4. The van der Waals surface area contributed by atoms with E-state index in [1.54, 1.807) is 6.92 Å². The quantitative estimate of drug-likeness (QED) is 0.844. The van der Waals surface area contributed by atoms with E-state index < -0.39 is 0 Å². The highest BCUT2D eigenvalue weighted by atomic mass is 32.1. The Labute approximate surface area is 103 Å². The summed E-state index contributed by atoms with van der Waals surface area (Å²) in [5.74, 6) is -0.0856. The van der Waals surface area contributed by atoms with Crippen LogP contribution in [0.25, 0.3) is 4.96 Å². The van der Waals surface area contributed by atoms with Gasteiger partial charge in [0.1, 0.15) is 0 Å². The van der Waals surface area contributed by atoms with Crippen molar-refractivity contribution in [1.29, 1.82) is 0 Å². The van der Waals surface area contributed by atoms with Gasteiger partial charge in [-0.1, -0.05) is 0 Å². The Morgan fingerprint density at radius 3 is 3.18 bits per heavy atom. The van der Waals surface area contributed by atoms with Gasteiger partial charge in [0.2, 0.25) is 5.91 Å². The molecule has 0 radical (unpaired) electrons. The molecule has 1 amide bonds. The van der Waals surface area contributed by atoms with Gasteiger partial charge >= 0.3 is 0 Å². The Balaban J connectivity index is 2.10. The average molecular weight is 253 g/mol. The van der Waals surface area contributed by atoms with Gasteiger partial charge in [0.15, 0.2) is 4.96 Å². The van der Waals surface area contributed by atoms with Gasteiger partial charge in [-0.25, -0.2) is 4.98 Å². The number of fused-ring (bicyclic) bond motifs is 1. The molecule has 0 spiro atoms. The minimum Gasteiger partial charge on any atom is -0.394 e. The summed E-state index contributed by atoms with van der Waals surface area (Å²) < 4.78 is 1.93. The lowest BCUT2D eigenvalue weighted by molar-refractivity contribution is -0.121. The highest BCUT2D eigenvalue weighted by Crippen LogP contribution is 2.16. The average Bonchev–Trinajstić information content (AvgIpc) is 2.79. The number of aromatic nitrogens is 2. The Morgan fingerprint density at radius 1 is 1.71 bits per heavy atom. The summed E-state index contributed by atoms with van der Waals surface area (Å²) in [5, 5.41) is 13.5. The van der Waals surface area contributed by atoms with Crippen LogP contribution in [0.1, 0.15) is 18.3 Å². The van der Waals surface area contributed by atoms with Crippen molar-refractivity contribution in [2.45, 2.75) is 26.3 Å². The standard InChI is InChI=1S/C11H15N3O2S/c1-7-4-14-9(6-17-11(14)13-7)3-10(16)12-8(2)5-15/h4,6,8,15H,3,5H2,1-2H3,(H,12,16)/t8-/m1/s1. The third kappa shape index (κ3) is 2.65. The number of carbonyl (C=O) groups excluding carboxylic acids is 1. The first-order valence-electron chi connectivity index (χ1n) is 5.42. The fourth-order valence-corrected chi connectivity index (χ4v) is 2.52. The van der Waals surface area contributed by atoms with Crippen LogP contribution in [0.2, 0.25) is 0 Å². The van der Waals surface area contributed by atoms with Crippen LogP contribution in [0, 0.1) is 6.92 Å². The first kappa shape index (κ1) is 12.1. The van der Waals surface area contributed by atoms with Gasteiger partial charge in [-0.15, -0.1) is 11.3 Å². The third-order valence-corrected chi connectivity index (χ3v) is 3.32. The summed E-state index contributed by atoms with van der Waals surface area (Å²) in [6, 6.07) is -0.207. The van der Waals surface area contributed by atoms with E-state index in [-0.39, 0.29) is 18.6 Å². The number of imidazole rings is 1. The number of aliphatic hydroxyl groups excluding tert-OH is 1. The number of nitrogens with zero attached hydrogens (tertiary/aromatic N) is 2. The zero-order valence-corrected chi connectivity index (χ0v) is 10.6. The van der Waals surface area contributed by atoms with Crippen LogP contribution in [0.3, 0.4) is 0 Å². The predicted molar refractivity (Wildman–Crippen MR) is 66.2 cm³/mol. The molecule has 2 N–H and O–H groups in total. The van der Waals surface area contributed by atoms with E-state index in [1.165, 1.54) is 11.3 Å². The summed E-state index contributed by atoms with van der Waals surface area (Å²) in [7, 11) is 0. The molecule has 0 saturated carbocycles. The molecule has 0 aromatic carbocycles. The van der Waals surface area contributed by atoms with Crippen LogP contribution in [-0.2, 0) is 11.2 Å². The molecule has 0 bridgehead atoms. The fourth-order valence-electron chi connectivity index (χ4n) is 1.60. The summed E-state index contributed by atoms with van der Waals surface area (Å²) >= 11 is 1.52.